The summed E-state index contributed by atoms with van der Waals surface area (Å²) in [6, 6.07) is 7.30. The van der Waals surface area contributed by atoms with Crippen molar-refractivity contribution < 1.29 is 22.7 Å². The highest BCUT2D eigenvalue weighted by Gasteiger charge is 2.35. The van der Waals surface area contributed by atoms with Crippen LogP contribution >= 0.6 is 0 Å². The normalized spacial score (nSPS) is 18.7. The second kappa shape index (κ2) is 9.17. The van der Waals surface area contributed by atoms with E-state index < -0.39 is 15.8 Å². The van der Waals surface area contributed by atoms with Gasteiger partial charge in [-0.1, -0.05) is 43.7 Å². The molecule has 0 aliphatic carbocycles. The van der Waals surface area contributed by atoms with E-state index in [1.807, 2.05) is 45.0 Å². The third kappa shape index (κ3) is 6.82. The molecule has 0 saturated carbocycles. The molecule has 1 saturated heterocycles. The van der Waals surface area contributed by atoms with Gasteiger partial charge < -0.3 is 9.64 Å². The number of rotatable bonds is 7. The lowest BCUT2D eigenvalue weighted by Crippen LogP contribution is -2.45. The lowest BCUT2D eigenvalue weighted by atomic mass is 10.1. The highest BCUT2D eigenvalue weighted by atomic mass is 32.2. The van der Waals surface area contributed by atoms with E-state index >= 15 is 0 Å². The Morgan fingerprint density at radius 1 is 1.26 bits per heavy atom. The molecule has 1 fully saturated rings. The Labute approximate surface area is 161 Å². The standard InChI is InChI=1S/C20H27NO5S/c1-15(2)12-21(18-10-11-27(24,25)14-18)19(22)13-26-20(23)9-8-17-6-4-16(3)5-7-17/h4-9,15,18H,10-14H2,1-3H3/b9-8+/t18-/m0/s1. The van der Waals surface area contributed by atoms with Gasteiger partial charge in [0, 0.05) is 18.7 Å². The maximum atomic E-state index is 12.5. The van der Waals surface area contributed by atoms with Crippen LogP contribution in [-0.4, -0.2) is 55.9 Å². The maximum Gasteiger partial charge on any atom is 0.331 e. The summed E-state index contributed by atoms with van der Waals surface area (Å²) in [7, 11) is -3.10. The van der Waals surface area contributed by atoms with Crippen LogP contribution < -0.4 is 0 Å². The van der Waals surface area contributed by atoms with Crippen LogP contribution in [0.1, 0.15) is 31.4 Å². The number of sulfone groups is 1. The summed E-state index contributed by atoms with van der Waals surface area (Å²) in [4.78, 5) is 26.0. The number of carbonyl (C=O) groups excluding carboxylic acids is 2. The molecule has 0 radical (unpaired) electrons. The molecular weight excluding hydrogens is 366 g/mol. The summed E-state index contributed by atoms with van der Waals surface area (Å²) in [5.41, 5.74) is 1.99. The topological polar surface area (TPSA) is 80.8 Å². The average molecular weight is 394 g/mol. The first-order valence-electron chi connectivity index (χ1n) is 9.07. The average Bonchev–Trinajstić information content (AvgIpc) is 2.96. The molecule has 1 amide bonds. The van der Waals surface area contributed by atoms with Crippen LogP contribution in [0.15, 0.2) is 30.3 Å². The van der Waals surface area contributed by atoms with Crippen molar-refractivity contribution in [1.29, 1.82) is 0 Å². The molecule has 1 atom stereocenters. The van der Waals surface area contributed by atoms with Crippen molar-refractivity contribution in [2.24, 2.45) is 5.92 Å². The van der Waals surface area contributed by atoms with Gasteiger partial charge in [0.05, 0.1) is 11.5 Å². The second-order valence-electron chi connectivity index (χ2n) is 7.35. The predicted molar refractivity (Wildman–Crippen MR) is 105 cm³/mol. The third-order valence-electron chi connectivity index (χ3n) is 4.36. The van der Waals surface area contributed by atoms with Crippen LogP contribution in [0, 0.1) is 12.8 Å². The second-order valence-corrected chi connectivity index (χ2v) is 9.58. The zero-order valence-electron chi connectivity index (χ0n) is 16.1. The summed E-state index contributed by atoms with van der Waals surface area (Å²) in [6.45, 7) is 5.95. The minimum absolute atomic E-state index is 0.0211. The van der Waals surface area contributed by atoms with Gasteiger partial charge in [-0.25, -0.2) is 13.2 Å². The highest BCUT2D eigenvalue weighted by Crippen LogP contribution is 2.19. The van der Waals surface area contributed by atoms with E-state index in [1.54, 1.807) is 11.0 Å². The van der Waals surface area contributed by atoms with Crippen LogP contribution in [0.3, 0.4) is 0 Å². The highest BCUT2D eigenvalue weighted by molar-refractivity contribution is 7.91. The molecule has 0 bridgehead atoms. The largest absolute Gasteiger partial charge is 0.452 e. The summed E-state index contributed by atoms with van der Waals surface area (Å²) >= 11 is 0. The number of amides is 1. The fraction of sp³-hybridized carbons (Fsp3) is 0.500. The zero-order valence-corrected chi connectivity index (χ0v) is 16.9. The van der Waals surface area contributed by atoms with Gasteiger partial charge in [0.15, 0.2) is 16.4 Å². The Morgan fingerprint density at radius 3 is 2.48 bits per heavy atom. The van der Waals surface area contributed by atoms with Crippen molar-refractivity contribution in [3.05, 3.63) is 41.5 Å². The van der Waals surface area contributed by atoms with Gasteiger partial charge in [-0.15, -0.1) is 0 Å². The van der Waals surface area contributed by atoms with Crippen LogP contribution in [0.4, 0.5) is 0 Å². The molecule has 7 heteroatoms. The van der Waals surface area contributed by atoms with E-state index in [0.29, 0.717) is 13.0 Å². The first-order chi connectivity index (χ1) is 12.7. The Morgan fingerprint density at radius 2 is 1.93 bits per heavy atom. The van der Waals surface area contributed by atoms with E-state index in [0.717, 1.165) is 11.1 Å². The van der Waals surface area contributed by atoms with Crippen molar-refractivity contribution in [2.45, 2.75) is 33.2 Å². The number of hydrogen-bond donors (Lipinski definition) is 0. The molecule has 0 unspecified atom stereocenters. The third-order valence-corrected chi connectivity index (χ3v) is 6.11. The summed E-state index contributed by atoms with van der Waals surface area (Å²) < 4.78 is 28.5. The fourth-order valence-corrected chi connectivity index (χ4v) is 4.71. The van der Waals surface area contributed by atoms with Gasteiger partial charge in [-0.3, -0.25) is 4.79 Å². The quantitative estimate of drug-likeness (QED) is 0.524. The van der Waals surface area contributed by atoms with Crippen LogP contribution in [0.25, 0.3) is 6.08 Å². The summed E-state index contributed by atoms with van der Waals surface area (Å²) in [5.74, 6) is -0.699. The number of hydrogen-bond acceptors (Lipinski definition) is 5. The first kappa shape index (κ1) is 21.2. The first-order valence-corrected chi connectivity index (χ1v) is 10.9. The smallest absolute Gasteiger partial charge is 0.331 e. The SMILES string of the molecule is Cc1ccc(/C=C/C(=O)OCC(=O)N(CC(C)C)[C@H]2CCS(=O)(=O)C2)cc1. The number of aryl methyl sites for hydroxylation is 1. The number of carbonyl (C=O) groups is 2. The van der Waals surface area contributed by atoms with E-state index in [9.17, 15) is 18.0 Å². The molecule has 148 valence electrons. The van der Waals surface area contributed by atoms with Gasteiger partial charge in [-0.2, -0.15) is 0 Å². The molecule has 6 nitrogen and oxygen atoms in total. The van der Waals surface area contributed by atoms with Gasteiger partial charge in [0.2, 0.25) is 0 Å². The number of benzene rings is 1. The Balaban J connectivity index is 1.92. The molecule has 0 N–H and O–H groups in total. The van der Waals surface area contributed by atoms with Crippen LogP contribution in [0.5, 0.6) is 0 Å². The molecular formula is C20H27NO5S. The molecule has 1 heterocycles. The van der Waals surface area contributed by atoms with Crippen molar-refractivity contribution in [3.63, 3.8) is 0 Å². The van der Waals surface area contributed by atoms with Crippen molar-refractivity contribution >= 4 is 27.8 Å². The minimum Gasteiger partial charge on any atom is -0.452 e. The molecule has 1 aliphatic heterocycles. The molecule has 1 aliphatic rings. The minimum atomic E-state index is -3.10. The van der Waals surface area contributed by atoms with Crippen molar-refractivity contribution in [1.82, 2.24) is 4.90 Å². The number of ether oxygens (including phenoxy) is 1. The summed E-state index contributed by atoms with van der Waals surface area (Å²) in [5, 5.41) is 0. The van der Waals surface area contributed by atoms with E-state index in [1.165, 1.54) is 6.08 Å². The summed E-state index contributed by atoms with van der Waals surface area (Å²) in [6.07, 6.45) is 3.34. The van der Waals surface area contributed by atoms with Gasteiger partial charge >= 0.3 is 5.97 Å². The van der Waals surface area contributed by atoms with Crippen molar-refractivity contribution in [2.75, 3.05) is 24.7 Å². The molecule has 0 spiro atoms. The number of esters is 1. The Hall–Kier alpha value is -2.15. The van der Waals surface area contributed by atoms with Gasteiger partial charge in [-0.05, 0) is 30.9 Å². The molecule has 2 rings (SSSR count). The van der Waals surface area contributed by atoms with Gasteiger partial charge in [0.1, 0.15) is 0 Å². The Bertz CT molecular complexity index is 796. The zero-order chi connectivity index (χ0) is 20.0. The van der Waals surface area contributed by atoms with E-state index in [4.69, 9.17) is 4.74 Å². The van der Waals surface area contributed by atoms with E-state index in [2.05, 4.69) is 0 Å². The van der Waals surface area contributed by atoms with Gasteiger partial charge in [0.25, 0.3) is 5.91 Å². The molecule has 27 heavy (non-hydrogen) atoms. The Kier molecular flexibility index (Phi) is 7.18. The number of nitrogens with zero attached hydrogens (tertiary/aromatic N) is 1. The van der Waals surface area contributed by atoms with Crippen molar-refractivity contribution in [3.8, 4) is 0 Å². The lowest BCUT2D eigenvalue weighted by Gasteiger charge is -2.29. The monoisotopic (exact) mass is 393 g/mol. The molecule has 0 aromatic heterocycles. The van der Waals surface area contributed by atoms with E-state index in [-0.39, 0.29) is 36.0 Å². The maximum absolute atomic E-state index is 12.5. The fourth-order valence-electron chi connectivity index (χ4n) is 2.97. The molecule has 1 aromatic carbocycles. The predicted octanol–water partition coefficient (Wildman–Crippen LogP) is 2.22. The lowest BCUT2D eigenvalue weighted by molar-refractivity contribution is -0.149. The van der Waals surface area contributed by atoms with Crippen LogP contribution in [-0.2, 0) is 24.2 Å². The van der Waals surface area contributed by atoms with Crippen LogP contribution in [0.2, 0.25) is 0 Å². The molecule has 1 aromatic rings.